The van der Waals surface area contributed by atoms with Crippen LogP contribution in [0.25, 0.3) is 27.5 Å². The molecule has 0 saturated heterocycles. The van der Waals surface area contributed by atoms with Crippen LogP contribution in [0.2, 0.25) is 0 Å². The van der Waals surface area contributed by atoms with Crippen LogP contribution >= 0.6 is 0 Å². The van der Waals surface area contributed by atoms with Crippen LogP contribution in [0.5, 0.6) is 5.75 Å². The number of aromatic amines is 1. The molecule has 0 aliphatic heterocycles. The fourth-order valence-electron chi connectivity index (χ4n) is 3.93. The molecule has 0 aliphatic rings. The van der Waals surface area contributed by atoms with Gasteiger partial charge in [-0.25, -0.2) is 4.98 Å². The molecular formula is C25H22N4O2. The standard InChI is InChI=1S/C25H22N4O2/c1-15-16(2)29(14-26-15)18-11-17(12-19(13-18)31-3)27-25(30)22-9-6-8-21-20-7-4-5-10-23(20)28-24(21)22/h4-14,28H,1-3H3,(H,27,30). The lowest BCUT2D eigenvalue weighted by Gasteiger charge is -2.12. The first-order valence-corrected chi connectivity index (χ1v) is 10.1. The molecule has 0 unspecified atom stereocenters. The van der Waals surface area contributed by atoms with E-state index in [2.05, 4.69) is 21.4 Å². The summed E-state index contributed by atoms with van der Waals surface area (Å²) in [6.07, 6.45) is 1.77. The summed E-state index contributed by atoms with van der Waals surface area (Å²) >= 11 is 0. The van der Waals surface area contributed by atoms with Gasteiger partial charge >= 0.3 is 0 Å². The van der Waals surface area contributed by atoms with Gasteiger partial charge in [0.05, 0.1) is 35.9 Å². The number of para-hydroxylation sites is 2. The second-order valence-corrected chi connectivity index (χ2v) is 7.56. The number of aryl methyl sites for hydroxylation is 1. The third-order valence-corrected chi connectivity index (χ3v) is 5.70. The molecule has 0 fully saturated rings. The van der Waals surface area contributed by atoms with Crippen molar-refractivity contribution in [2.24, 2.45) is 0 Å². The molecule has 0 saturated carbocycles. The Morgan fingerprint density at radius 2 is 1.84 bits per heavy atom. The van der Waals surface area contributed by atoms with E-state index in [-0.39, 0.29) is 5.91 Å². The first-order valence-electron chi connectivity index (χ1n) is 10.1. The smallest absolute Gasteiger partial charge is 0.257 e. The molecule has 0 radical (unpaired) electrons. The van der Waals surface area contributed by atoms with E-state index in [1.54, 1.807) is 13.4 Å². The number of aromatic nitrogens is 3. The van der Waals surface area contributed by atoms with Gasteiger partial charge in [-0.15, -0.1) is 0 Å². The average molecular weight is 410 g/mol. The summed E-state index contributed by atoms with van der Waals surface area (Å²) < 4.78 is 7.45. The zero-order chi connectivity index (χ0) is 21.5. The molecule has 1 amide bonds. The summed E-state index contributed by atoms with van der Waals surface area (Å²) in [6.45, 7) is 3.98. The third kappa shape index (κ3) is 3.22. The van der Waals surface area contributed by atoms with Crippen LogP contribution < -0.4 is 10.1 Å². The minimum atomic E-state index is -0.185. The summed E-state index contributed by atoms with van der Waals surface area (Å²) in [5, 5.41) is 5.16. The molecule has 154 valence electrons. The predicted molar refractivity (Wildman–Crippen MR) is 123 cm³/mol. The van der Waals surface area contributed by atoms with Gasteiger partial charge in [-0.05, 0) is 32.0 Å². The maximum absolute atomic E-state index is 13.2. The van der Waals surface area contributed by atoms with Crippen molar-refractivity contribution in [1.29, 1.82) is 0 Å². The summed E-state index contributed by atoms with van der Waals surface area (Å²) in [6, 6.07) is 19.5. The zero-order valence-corrected chi connectivity index (χ0v) is 17.6. The number of imidazole rings is 1. The van der Waals surface area contributed by atoms with Crippen molar-refractivity contribution in [2.45, 2.75) is 13.8 Å². The van der Waals surface area contributed by atoms with E-state index < -0.39 is 0 Å². The average Bonchev–Trinajstić information content (AvgIpc) is 3.33. The quantitative estimate of drug-likeness (QED) is 0.418. The van der Waals surface area contributed by atoms with Crippen molar-refractivity contribution in [3.05, 3.63) is 83.9 Å². The molecule has 3 aromatic carbocycles. The van der Waals surface area contributed by atoms with Crippen molar-refractivity contribution < 1.29 is 9.53 Å². The Kier molecular flexibility index (Phi) is 4.47. The summed E-state index contributed by atoms with van der Waals surface area (Å²) in [5.41, 5.74) is 5.94. The van der Waals surface area contributed by atoms with Gasteiger partial charge in [-0.1, -0.05) is 30.3 Å². The monoisotopic (exact) mass is 410 g/mol. The SMILES string of the molecule is COc1cc(NC(=O)c2cccc3c2[nH]c2ccccc23)cc(-n2cnc(C)c2C)c1. The Bertz CT molecular complexity index is 1450. The molecule has 0 aliphatic carbocycles. The van der Waals surface area contributed by atoms with Crippen molar-refractivity contribution in [3.8, 4) is 11.4 Å². The maximum Gasteiger partial charge on any atom is 0.257 e. The van der Waals surface area contributed by atoms with Crippen LogP contribution in [-0.2, 0) is 0 Å². The van der Waals surface area contributed by atoms with Crippen LogP contribution in [0.1, 0.15) is 21.7 Å². The van der Waals surface area contributed by atoms with Crippen LogP contribution in [0.4, 0.5) is 5.69 Å². The molecule has 2 aromatic heterocycles. The summed E-state index contributed by atoms with van der Waals surface area (Å²) in [7, 11) is 1.61. The van der Waals surface area contributed by atoms with E-state index in [9.17, 15) is 4.79 Å². The van der Waals surface area contributed by atoms with Gasteiger partial charge in [0.25, 0.3) is 5.91 Å². The second kappa shape index (κ2) is 7.32. The number of ether oxygens (including phenoxy) is 1. The maximum atomic E-state index is 13.2. The van der Waals surface area contributed by atoms with Gasteiger partial charge < -0.3 is 19.6 Å². The number of anilines is 1. The molecule has 2 N–H and O–H groups in total. The van der Waals surface area contributed by atoms with E-state index in [0.29, 0.717) is 17.0 Å². The minimum absolute atomic E-state index is 0.185. The number of carbonyl (C=O) groups excluding carboxylic acids is 1. The van der Waals surface area contributed by atoms with Gasteiger partial charge in [0.15, 0.2) is 0 Å². The van der Waals surface area contributed by atoms with Gasteiger partial charge in [0.1, 0.15) is 5.75 Å². The number of nitrogens with one attached hydrogen (secondary N) is 2. The Labute approximate surface area is 179 Å². The van der Waals surface area contributed by atoms with E-state index in [1.165, 1.54) is 0 Å². The Morgan fingerprint density at radius 3 is 2.61 bits per heavy atom. The van der Waals surface area contributed by atoms with Gasteiger partial charge in [0.2, 0.25) is 0 Å². The number of benzene rings is 3. The molecule has 2 heterocycles. The number of carbonyl (C=O) groups is 1. The molecule has 6 nitrogen and oxygen atoms in total. The number of hydrogen-bond acceptors (Lipinski definition) is 3. The fraction of sp³-hybridized carbons (Fsp3) is 0.120. The van der Waals surface area contributed by atoms with E-state index in [1.807, 2.05) is 73.0 Å². The zero-order valence-electron chi connectivity index (χ0n) is 17.6. The number of hydrogen-bond donors (Lipinski definition) is 2. The number of nitrogens with zero attached hydrogens (tertiary/aromatic N) is 2. The topological polar surface area (TPSA) is 71.9 Å². The van der Waals surface area contributed by atoms with Crippen molar-refractivity contribution in [1.82, 2.24) is 14.5 Å². The number of amides is 1. The fourth-order valence-corrected chi connectivity index (χ4v) is 3.93. The first kappa shape index (κ1) is 18.9. The van der Waals surface area contributed by atoms with Crippen molar-refractivity contribution in [3.63, 3.8) is 0 Å². The van der Waals surface area contributed by atoms with E-state index in [4.69, 9.17) is 4.74 Å². The highest BCUT2D eigenvalue weighted by atomic mass is 16.5. The Balaban J connectivity index is 1.55. The van der Waals surface area contributed by atoms with Crippen LogP contribution in [0, 0.1) is 13.8 Å². The number of rotatable bonds is 4. The highest BCUT2D eigenvalue weighted by molar-refractivity contribution is 6.17. The van der Waals surface area contributed by atoms with Crippen molar-refractivity contribution in [2.75, 3.05) is 12.4 Å². The molecule has 0 bridgehead atoms. The molecular weight excluding hydrogens is 388 g/mol. The number of methoxy groups -OCH3 is 1. The molecule has 5 rings (SSSR count). The summed E-state index contributed by atoms with van der Waals surface area (Å²) in [5.74, 6) is 0.470. The predicted octanol–water partition coefficient (Wildman–Crippen LogP) is 5.38. The lowest BCUT2D eigenvalue weighted by Crippen LogP contribution is -2.13. The highest BCUT2D eigenvalue weighted by Gasteiger charge is 2.15. The molecule has 0 spiro atoms. The lowest BCUT2D eigenvalue weighted by molar-refractivity contribution is 0.102. The second-order valence-electron chi connectivity index (χ2n) is 7.56. The summed E-state index contributed by atoms with van der Waals surface area (Å²) in [4.78, 5) is 21.0. The van der Waals surface area contributed by atoms with Crippen LogP contribution in [0.15, 0.2) is 67.0 Å². The van der Waals surface area contributed by atoms with Crippen LogP contribution in [-0.4, -0.2) is 27.6 Å². The normalized spacial score (nSPS) is 11.2. The van der Waals surface area contributed by atoms with Gasteiger partial charge in [-0.2, -0.15) is 0 Å². The molecule has 6 heteroatoms. The van der Waals surface area contributed by atoms with Gasteiger partial charge in [0, 0.05) is 39.8 Å². The van der Waals surface area contributed by atoms with E-state index in [0.717, 1.165) is 38.9 Å². The largest absolute Gasteiger partial charge is 0.497 e. The molecule has 0 atom stereocenters. The Hall–Kier alpha value is -4.06. The lowest BCUT2D eigenvalue weighted by atomic mass is 10.1. The molecule has 5 aromatic rings. The molecule has 31 heavy (non-hydrogen) atoms. The van der Waals surface area contributed by atoms with E-state index >= 15 is 0 Å². The number of H-pyrrole nitrogens is 1. The first-order chi connectivity index (χ1) is 15.0. The van der Waals surface area contributed by atoms with Crippen molar-refractivity contribution >= 4 is 33.4 Å². The Morgan fingerprint density at radius 1 is 1.03 bits per heavy atom. The van der Waals surface area contributed by atoms with Crippen LogP contribution in [0.3, 0.4) is 0 Å². The third-order valence-electron chi connectivity index (χ3n) is 5.70. The highest BCUT2D eigenvalue weighted by Crippen LogP contribution is 2.29. The minimum Gasteiger partial charge on any atom is -0.497 e. The van der Waals surface area contributed by atoms with Gasteiger partial charge in [-0.3, -0.25) is 4.79 Å². The number of fused-ring (bicyclic) bond motifs is 3.